The van der Waals surface area contributed by atoms with E-state index in [2.05, 4.69) is 15.4 Å². The number of likely N-dealkylation sites (tertiary alicyclic amines) is 1. The normalized spacial score (nSPS) is 17.6. The van der Waals surface area contributed by atoms with Crippen molar-refractivity contribution in [1.29, 1.82) is 0 Å². The van der Waals surface area contributed by atoms with Gasteiger partial charge in [-0.1, -0.05) is 12.1 Å². The van der Waals surface area contributed by atoms with E-state index < -0.39 is 0 Å². The fraction of sp³-hybridized carbons (Fsp3) is 0.333. The Labute approximate surface area is 150 Å². The molecule has 1 aliphatic heterocycles. The van der Waals surface area contributed by atoms with Gasteiger partial charge in [0.1, 0.15) is 0 Å². The average Bonchev–Trinajstić information content (AvgIpc) is 3.33. The van der Waals surface area contributed by atoms with Crippen LogP contribution in [0.15, 0.2) is 41.1 Å². The molecule has 1 unspecified atom stereocenters. The Bertz CT molecular complexity index is 873. The molecule has 25 heavy (non-hydrogen) atoms. The summed E-state index contributed by atoms with van der Waals surface area (Å²) < 4.78 is 0. The summed E-state index contributed by atoms with van der Waals surface area (Å²) in [6, 6.07) is 9.73. The van der Waals surface area contributed by atoms with Crippen LogP contribution in [0.3, 0.4) is 0 Å². The lowest BCUT2D eigenvalue weighted by molar-refractivity contribution is 0.0600. The molecule has 4 rings (SSSR count). The molecule has 6 nitrogen and oxygen atoms in total. The second kappa shape index (κ2) is 6.76. The van der Waals surface area contributed by atoms with Crippen molar-refractivity contribution in [3.05, 3.63) is 58.0 Å². The molecule has 0 bridgehead atoms. The molecule has 3 heterocycles. The number of rotatable bonds is 3. The Morgan fingerprint density at radius 3 is 3.00 bits per heavy atom. The van der Waals surface area contributed by atoms with Crippen molar-refractivity contribution in [2.45, 2.75) is 32.2 Å². The van der Waals surface area contributed by atoms with Crippen molar-refractivity contribution in [3.8, 4) is 5.69 Å². The third kappa shape index (κ3) is 3.19. The van der Waals surface area contributed by atoms with E-state index in [1.54, 1.807) is 4.80 Å². The molecule has 7 heteroatoms. The summed E-state index contributed by atoms with van der Waals surface area (Å²) in [6.45, 7) is 2.77. The summed E-state index contributed by atoms with van der Waals surface area (Å²) in [5.41, 5.74) is 2.76. The van der Waals surface area contributed by atoms with Gasteiger partial charge in [-0.25, -0.2) is 0 Å². The highest BCUT2D eigenvalue weighted by atomic mass is 32.1. The van der Waals surface area contributed by atoms with Crippen LogP contribution in [0.4, 0.5) is 0 Å². The van der Waals surface area contributed by atoms with Crippen LogP contribution < -0.4 is 0 Å². The van der Waals surface area contributed by atoms with Gasteiger partial charge in [0.05, 0.1) is 17.3 Å². The summed E-state index contributed by atoms with van der Waals surface area (Å²) in [5, 5.41) is 16.8. The largest absolute Gasteiger partial charge is 0.328 e. The maximum absolute atomic E-state index is 12.8. The van der Waals surface area contributed by atoms with Crippen LogP contribution in [0.1, 0.15) is 47.1 Å². The molecule has 128 valence electrons. The summed E-state index contributed by atoms with van der Waals surface area (Å²) in [4.78, 5) is 16.3. The molecule has 0 saturated carbocycles. The first-order chi connectivity index (χ1) is 12.2. The molecule has 0 aliphatic carbocycles. The molecule has 1 amide bonds. The Morgan fingerprint density at radius 2 is 2.20 bits per heavy atom. The van der Waals surface area contributed by atoms with Gasteiger partial charge in [0.15, 0.2) is 5.82 Å². The Balaban J connectivity index is 1.62. The van der Waals surface area contributed by atoms with Gasteiger partial charge in [-0.15, -0.1) is 15.0 Å². The summed E-state index contributed by atoms with van der Waals surface area (Å²) in [6.07, 6.45) is 2.95. The third-order valence-corrected chi connectivity index (χ3v) is 5.17. The highest BCUT2D eigenvalue weighted by molar-refractivity contribution is 7.08. The zero-order chi connectivity index (χ0) is 17.2. The van der Waals surface area contributed by atoms with Gasteiger partial charge in [-0.2, -0.15) is 11.3 Å². The Hall–Kier alpha value is -2.54. The molecule has 1 aliphatic rings. The number of aromatic nitrogens is 4. The second-order valence-electron chi connectivity index (χ2n) is 6.30. The highest BCUT2D eigenvalue weighted by Crippen LogP contribution is 2.30. The fourth-order valence-electron chi connectivity index (χ4n) is 3.22. The maximum Gasteiger partial charge on any atom is 0.255 e. The smallest absolute Gasteiger partial charge is 0.255 e. The van der Waals surface area contributed by atoms with Crippen LogP contribution in [0.5, 0.6) is 0 Å². The van der Waals surface area contributed by atoms with Crippen molar-refractivity contribution in [3.63, 3.8) is 0 Å². The van der Waals surface area contributed by atoms with Gasteiger partial charge in [0.25, 0.3) is 5.91 Å². The molecule has 0 spiro atoms. The number of carbonyl (C=O) groups is 1. The Kier molecular flexibility index (Phi) is 4.31. The van der Waals surface area contributed by atoms with Crippen molar-refractivity contribution < 1.29 is 4.79 Å². The highest BCUT2D eigenvalue weighted by Gasteiger charge is 2.32. The number of thiophene rings is 1. The average molecular weight is 353 g/mol. The monoisotopic (exact) mass is 353 g/mol. The maximum atomic E-state index is 12.8. The minimum absolute atomic E-state index is 0.0536. The molecule has 1 saturated heterocycles. The lowest BCUT2D eigenvalue weighted by atomic mass is 10.0. The zero-order valence-electron chi connectivity index (χ0n) is 14.0. The van der Waals surface area contributed by atoms with Crippen LogP contribution >= 0.6 is 11.3 Å². The van der Waals surface area contributed by atoms with Gasteiger partial charge in [0.2, 0.25) is 0 Å². The van der Waals surface area contributed by atoms with Gasteiger partial charge in [0, 0.05) is 11.9 Å². The first kappa shape index (κ1) is 16.0. The number of piperidine rings is 1. The number of amides is 1. The summed E-state index contributed by atoms with van der Waals surface area (Å²) in [5.74, 6) is 0.669. The van der Waals surface area contributed by atoms with Crippen molar-refractivity contribution in [2.75, 3.05) is 6.54 Å². The van der Waals surface area contributed by atoms with Crippen LogP contribution in [0, 0.1) is 6.92 Å². The topological polar surface area (TPSA) is 63.9 Å². The van der Waals surface area contributed by atoms with Gasteiger partial charge >= 0.3 is 0 Å². The van der Waals surface area contributed by atoms with Crippen LogP contribution in [0.25, 0.3) is 5.69 Å². The van der Waals surface area contributed by atoms with Crippen molar-refractivity contribution in [2.24, 2.45) is 0 Å². The number of carbonyl (C=O) groups excluding carboxylic acids is 1. The van der Waals surface area contributed by atoms with E-state index in [4.69, 9.17) is 0 Å². The van der Waals surface area contributed by atoms with E-state index in [-0.39, 0.29) is 11.9 Å². The van der Waals surface area contributed by atoms with Crippen LogP contribution in [-0.2, 0) is 0 Å². The van der Waals surface area contributed by atoms with E-state index in [1.165, 1.54) is 11.3 Å². The van der Waals surface area contributed by atoms with Crippen LogP contribution in [0.2, 0.25) is 0 Å². The zero-order valence-corrected chi connectivity index (χ0v) is 14.8. The van der Waals surface area contributed by atoms with Crippen LogP contribution in [-0.4, -0.2) is 37.6 Å². The number of tetrazole rings is 1. The van der Waals surface area contributed by atoms with E-state index in [9.17, 15) is 4.79 Å². The van der Waals surface area contributed by atoms with E-state index in [1.807, 2.05) is 52.9 Å². The van der Waals surface area contributed by atoms with Gasteiger partial charge < -0.3 is 4.90 Å². The number of nitrogens with zero attached hydrogens (tertiary/aromatic N) is 5. The lowest BCUT2D eigenvalue weighted by Crippen LogP contribution is -2.38. The first-order valence-electron chi connectivity index (χ1n) is 8.42. The molecule has 0 radical (unpaired) electrons. The SMILES string of the molecule is Cc1cccc(-n2nnc(C3CCCCN3C(=O)c3ccsc3)n2)c1. The van der Waals surface area contributed by atoms with Gasteiger partial charge in [-0.05, 0) is 60.5 Å². The summed E-state index contributed by atoms with van der Waals surface area (Å²) in [7, 11) is 0. The quantitative estimate of drug-likeness (QED) is 0.724. The molecule has 2 aromatic heterocycles. The predicted molar refractivity (Wildman–Crippen MR) is 95.8 cm³/mol. The Morgan fingerprint density at radius 1 is 1.28 bits per heavy atom. The number of hydrogen-bond acceptors (Lipinski definition) is 5. The van der Waals surface area contributed by atoms with E-state index >= 15 is 0 Å². The number of hydrogen-bond donors (Lipinski definition) is 0. The standard InChI is InChI=1S/C18H19N5OS/c1-13-5-4-6-15(11-13)23-20-17(19-21-23)16-7-2-3-9-22(16)18(24)14-8-10-25-12-14/h4-6,8,10-12,16H,2-3,7,9H2,1H3. The molecule has 1 fully saturated rings. The molecule has 1 atom stereocenters. The molecule has 0 N–H and O–H groups in total. The molecule has 1 aromatic carbocycles. The number of benzene rings is 1. The van der Waals surface area contributed by atoms with Crippen molar-refractivity contribution in [1.82, 2.24) is 25.1 Å². The fourth-order valence-corrected chi connectivity index (χ4v) is 3.85. The predicted octanol–water partition coefficient (Wildman–Crippen LogP) is 3.40. The first-order valence-corrected chi connectivity index (χ1v) is 9.37. The molecule has 3 aromatic rings. The minimum Gasteiger partial charge on any atom is -0.328 e. The van der Waals surface area contributed by atoms with E-state index in [0.717, 1.165) is 42.6 Å². The van der Waals surface area contributed by atoms with E-state index in [0.29, 0.717) is 5.82 Å². The molecular formula is C18H19N5OS. The molecular weight excluding hydrogens is 334 g/mol. The van der Waals surface area contributed by atoms with Gasteiger partial charge in [-0.3, -0.25) is 4.79 Å². The third-order valence-electron chi connectivity index (χ3n) is 4.49. The second-order valence-corrected chi connectivity index (χ2v) is 7.08. The lowest BCUT2D eigenvalue weighted by Gasteiger charge is -2.33. The summed E-state index contributed by atoms with van der Waals surface area (Å²) >= 11 is 1.54. The minimum atomic E-state index is -0.111. The number of aryl methyl sites for hydroxylation is 1. The van der Waals surface area contributed by atoms with Crippen molar-refractivity contribution >= 4 is 17.2 Å².